The van der Waals surface area contributed by atoms with Crippen LogP contribution in [-0.4, -0.2) is 61.7 Å². The molecule has 0 spiro atoms. The van der Waals surface area contributed by atoms with Crippen LogP contribution in [0.3, 0.4) is 0 Å². The van der Waals surface area contributed by atoms with Crippen LogP contribution in [0.4, 0.5) is 16.2 Å². The second-order valence-corrected chi connectivity index (χ2v) is 8.47. The number of rotatable bonds is 5. The molecule has 5 nitrogen and oxygen atoms in total. The Balaban J connectivity index is 1.61. The largest absolute Gasteiger partial charge is 0.376 e. The topological polar surface area (TPSA) is 47.6 Å². The van der Waals surface area contributed by atoms with E-state index in [0.717, 1.165) is 31.0 Å². The van der Waals surface area contributed by atoms with Gasteiger partial charge in [0.25, 0.3) is 0 Å². The molecule has 2 fully saturated rings. The second-order valence-electron chi connectivity index (χ2n) is 7.25. The van der Waals surface area contributed by atoms with Crippen molar-refractivity contribution in [2.75, 3.05) is 55.5 Å². The number of carbonyl (C=O) groups is 1. The summed E-state index contributed by atoms with van der Waals surface area (Å²) in [5.41, 5.74) is 2.03. The first-order chi connectivity index (χ1) is 12.1. The minimum absolute atomic E-state index is 0.105. The number of anilines is 2. The molecule has 25 heavy (non-hydrogen) atoms. The summed E-state index contributed by atoms with van der Waals surface area (Å²) >= 11 is 2.04. The molecule has 0 radical (unpaired) electrons. The van der Waals surface area contributed by atoms with E-state index >= 15 is 0 Å². The summed E-state index contributed by atoms with van der Waals surface area (Å²) in [5.74, 6) is 2.42. The normalized spacial score (nSPS) is 20.2. The summed E-state index contributed by atoms with van der Waals surface area (Å²) < 4.78 is 0. The van der Waals surface area contributed by atoms with Crippen molar-refractivity contribution < 1.29 is 4.79 Å². The average molecular weight is 363 g/mol. The third-order valence-electron chi connectivity index (χ3n) is 5.43. The van der Waals surface area contributed by atoms with Gasteiger partial charge in [0.1, 0.15) is 0 Å². The monoisotopic (exact) mass is 362 g/mol. The standard InChI is InChI=1S/C19H30N4OS/c1-22(2)17-8-4-3-7-16(17)21-18(24)20-15-19(9-5-6-10-19)23-11-13-25-14-12-23/h3-4,7-8H,5-6,9-15H2,1-2H3,(H2,20,21,24). The summed E-state index contributed by atoms with van der Waals surface area (Å²) in [7, 11) is 3.97. The molecule has 0 atom stereocenters. The van der Waals surface area contributed by atoms with E-state index in [1.807, 2.05) is 55.0 Å². The number of thioether (sulfide) groups is 1. The van der Waals surface area contributed by atoms with Crippen LogP contribution in [0.15, 0.2) is 24.3 Å². The maximum absolute atomic E-state index is 12.5. The molecular weight excluding hydrogens is 332 g/mol. The van der Waals surface area contributed by atoms with E-state index in [2.05, 4.69) is 15.5 Å². The molecule has 0 aromatic heterocycles. The highest BCUT2D eigenvalue weighted by molar-refractivity contribution is 7.99. The van der Waals surface area contributed by atoms with Gasteiger partial charge in [0.15, 0.2) is 0 Å². The molecule has 1 heterocycles. The van der Waals surface area contributed by atoms with Crippen LogP contribution >= 0.6 is 11.8 Å². The first-order valence-corrected chi connectivity index (χ1v) is 10.4. The molecule has 3 rings (SSSR count). The van der Waals surface area contributed by atoms with E-state index in [0.29, 0.717) is 0 Å². The van der Waals surface area contributed by atoms with Crippen LogP contribution in [0.2, 0.25) is 0 Å². The smallest absolute Gasteiger partial charge is 0.319 e. The first kappa shape index (κ1) is 18.4. The Morgan fingerprint density at radius 3 is 2.56 bits per heavy atom. The van der Waals surface area contributed by atoms with Gasteiger partial charge in [0.05, 0.1) is 11.4 Å². The van der Waals surface area contributed by atoms with Crippen LogP contribution in [-0.2, 0) is 0 Å². The summed E-state index contributed by atoms with van der Waals surface area (Å²) in [4.78, 5) is 17.1. The molecule has 1 aromatic carbocycles. The van der Waals surface area contributed by atoms with Crippen molar-refractivity contribution >= 4 is 29.2 Å². The lowest BCUT2D eigenvalue weighted by atomic mass is 9.94. The number of benzene rings is 1. The molecule has 1 aliphatic carbocycles. The highest BCUT2D eigenvalue weighted by Crippen LogP contribution is 2.36. The Hall–Kier alpha value is -1.40. The lowest BCUT2D eigenvalue weighted by Crippen LogP contribution is -2.56. The lowest BCUT2D eigenvalue weighted by molar-refractivity contribution is 0.105. The Kier molecular flexibility index (Phi) is 6.12. The number of hydrogen-bond acceptors (Lipinski definition) is 4. The van der Waals surface area contributed by atoms with Gasteiger partial charge in [-0.1, -0.05) is 25.0 Å². The molecule has 2 N–H and O–H groups in total. The Bertz CT molecular complexity index is 581. The summed E-state index contributed by atoms with van der Waals surface area (Å²) in [6.07, 6.45) is 4.95. The van der Waals surface area contributed by atoms with Crippen LogP contribution in [0.1, 0.15) is 25.7 Å². The molecule has 0 bridgehead atoms. The highest BCUT2D eigenvalue weighted by atomic mass is 32.2. The van der Waals surface area contributed by atoms with Gasteiger partial charge >= 0.3 is 6.03 Å². The van der Waals surface area contributed by atoms with Gasteiger partial charge in [0.2, 0.25) is 0 Å². The van der Waals surface area contributed by atoms with Crippen molar-refractivity contribution in [2.24, 2.45) is 0 Å². The first-order valence-electron chi connectivity index (χ1n) is 9.25. The number of carbonyl (C=O) groups excluding carboxylic acids is 1. The van der Waals surface area contributed by atoms with Gasteiger partial charge in [0, 0.05) is 50.8 Å². The van der Waals surface area contributed by atoms with E-state index in [1.54, 1.807) is 0 Å². The molecule has 1 saturated heterocycles. The highest BCUT2D eigenvalue weighted by Gasteiger charge is 2.40. The van der Waals surface area contributed by atoms with Gasteiger partial charge in [-0.15, -0.1) is 0 Å². The van der Waals surface area contributed by atoms with Gasteiger partial charge in [-0.05, 0) is 25.0 Å². The lowest BCUT2D eigenvalue weighted by Gasteiger charge is -2.43. The predicted octanol–water partition coefficient (Wildman–Crippen LogP) is 3.24. The molecule has 0 unspecified atom stereocenters. The fourth-order valence-electron chi connectivity index (χ4n) is 4.06. The van der Waals surface area contributed by atoms with Gasteiger partial charge in [-0.2, -0.15) is 11.8 Å². The van der Waals surface area contributed by atoms with Crippen LogP contribution in [0.25, 0.3) is 0 Å². The second kappa shape index (κ2) is 8.32. The van der Waals surface area contributed by atoms with Gasteiger partial charge in [-0.25, -0.2) is 4.79 Å². The van der Waals surface area contributed by atoms with Crippen LogP contribution < -0.4 is 15.5 Å². The maximum Gasteiger partial charge on any atom is 0.319 e. The van der Waals surface area contributed by atoms with Gasteiger partial charge < -0.3 is 15.5 Å². The maximum atomic E-state index is 12.5. The number of para-hydroxylation sites is 2. The Morgan fingerprint density at radius 2 is 1.88 bits per heavy atom. The zero-order chi connectivity index (χ0) is 17.7. The van der Waals surface area contributed by atoms with E-state index < -0.39 is 0 Å². The minimum Gasteiger partial charge on any atom is -0.376 e. The van der Waals surface area contributed by atoms with Crippen molar-refractivity contribution in [3.05, 3.63) is 24.3 Å². The molecule has 6 heteroatoms. The van der Waals surface area contributed by atoms with Crippen molar-refractivity contribution in [3.63, 3.8) is 0 Å². The van der Waals surface area contributed by atoms with E-state index in [-0.39, 0.29) is 11.6 Å². The third-order valence-corrected chi connectivity index (χ3v) is 6.37. The summed E-state index contributed by atoms with van der Waals surface area (Å²) in [5, 5.41) is 6.18. The number of nitrogens with one attached hydrogen (secondary N) is 2. The molecule has 138 valence electrons. The third kappa shape index (κ3) is 4.42. The number of urea groups is 1. The molecule has 2 aliphatic rings. The van der Waals surface area contributed by atoms with Crippen molar-refractivity contribution in [2.45, 2.75) is 31.2 Å². The molecule has 1 saturated carbocycles. The fourth-order valence-corrected chi connectivity index (χ4v) is 4.96. The fraction of sp³-hybridized carbons (Fsp3) is 0.632. The zero-order valence-electron chi connectivity index (χ0n) is 15.4. The molecule has 1 aliphatic heterocycles. The molecule has 2 amide bonds. The quantitative estimate of drug-likeness (QED) is 0.844. The van der Waals surface area contributed by atoms with Crippen LogP contribution in [0, 0.1) is 0 Å². The van der Waals surface area contributed by atoms with E-state index in [4.69, 9.17) is 0 Å². The Labute approximate surface area is 155 Å². The Morgan fingerprint density at radius 1 is 1.20 bits per heavy atom. The van der Waals surface area contributed by atoms with Gasteiger partial charge in [-0.3, -0.25) is 4.90 Å². The predicted molar refractivity (Wildman–Crippen MR) is 108 cm³/mol. The van der Waals surface area contributed by atoms with Crippen LogP contribution in [0.5, 0.6) is 0 Å². The van der Waals surface area contributed by atoms with E-state index in [9.17, 15) is 4.79 Å². The van der Waals surface area contributed by atoms with E-state index in [1.165, 1.54) is 37.2 Å². The average Bonchev–Trinajstić information content (AvgIpc) is 3.11. The SMILES string of the molecule is CN(C)c1ccccc1NC(=O)NCC1(N2CCSCC2)CCCC1. The summed E-state index contributed by atoms with van der Waals surface area (Å²) in [6.45, 7) is 3.04. The minimum atomic E-state index is -0.105. The number of nitrogens with zero attached hydrogens (tertiary/aromatic N) is 2. The molecule has 1 aromatic rings. The number of amides is 2. The van der Waals surface area contributed by atoms with Crippen molar-refractivity contribution in [3.8, 4) is 0 Å². The molecular formula is C19H30N4OS. The van der Waals surface area contributed by atoms with Crippen molar-refractivity contribution in [1.82, 2.24) is 10.2 Å². The summed E-state index contributed by atoms with van der Waals surface area (Å²) in [6, 6.07) is 7.79. The zero-order valence-corrected chi connectivity index (χ0v) is 16.2. The number of hydrogen-bond donors (Lipinski definition) is 2. The van der Waals surface area contributed by atoms with Crippen molar-refractivity contribution in [1.29, 1.82) is 0 Å².